The number of para-hydroxylation sites is 1. The first-order chi connectivity index (χ1) is 12.9. The molecule has 3 rings (SSSR count). The Morgan fingerprint density at radius 1 is 1.22 bits per heavy atom. The standard InChI is InChI=1S/C18H15F3N4O2/c1-27-15-7-3-2-6-12(15)13-9-14(25-24-13)17(26)23-16(18(19,20)21)11-5-4-8-22-10-11/h2-10,16H,1H3,(H,23,26)(H,24,25)/t16-/m0/s1. The van der Waals surface area contributed by atoms with E-state index in [-0.39, 0.29) is 11.3 Å². The van der Waals surface area contributed by atoms with E-state index in [9.17, 15) is 18.0 Å². The number of amides is 1. The monoisotopic (exact) mass is 376 g/mol. The number of methoxy groups -OCH3 is 1. The molecule has 0 aliphatic rings. The van der Waals surface area contributed by atoms with Gasteiger partial charge in [-0.1, -0.05) is 18.2 Å². The maximum atomic E-state index is 13.4. The van der Waals surface area contributed by atoms with Crippen molar-refractivity contribution >= 4 is 5.91 Å². The van der Waals surface area contributed by atoms with Gasteiger partial charge in [0.15, 0.2) is 6.04 Å². The summed E-state index contributed by atoms with van der Waals surface area (Å²) in [6, 6.07) is 8.77. The lowest BCUT2D eigenvalue weighted by atomic mass is 10.1. The molecule has 2 N–H and O–H groups in total. The quantitative estimate of drug-likeness (QED) is 0.714. The number of nitrogens with one attached hydrogen (secondary N) is 2. The molecule has 0 bridgehead atoms. The van der Waals surface area contributed by atoms with Crippen LogP contribution in [-0.4, -0.2) is 34.4 Å². The number of benzene rings is 1. The Kier molecular flexibility index (Phi) is 5.11. The Balaban J connectivity index is 1.85. The number of halogens is 3. The Hall–Kier alpha value is -3.36. The number of aromatic nitrogens is 3. The fraction of sp³-hybridized carbons (Fsp3) is 0.167. The topological polar surface area (TPSA) is 79.9 Å². The largest absolute Gasteiger partial charge is 0.496 e. The lowest BCUT2D eigenvalue weighted by Crippen LogP contribution is -2.38. The molecular formula is C18H15F3N4O2. The molecule has 3 aromatic rings. The molecular weight excluding hydrogens is 361 g/mol. The zero-order chi connectivity index (χ0) is 19.4. The number of carbonyl (C=O) groups is 1. The van der Waals surface area contributed by atoms with Crippen molar-refractivity contribution in [3.05, 3.63) is 66.1 Å². The molecule has 1 atom stereocenters. The van der Waals surface area contributed by atoms with Gasteiger partial charge in [-0.3, -0.25) is 14.9 Å². The summed E-state index contributed by atoms with van der Waals surface area (Å²) < 4.78 is 45.3. The van der Waals surface area contributed by atoms with Crippen LogP contribution in [0.5, 0.6) is 5.75 Å². The van der Waals surface area contributed by atoms with Crippen molar-refractivity contribution in [1.29, 1.82) is 0 Å². The van der Waals surface area contributed by atoms with E-state index in [1.54, 1.807) is 24.3 Å². The highest BCUT2D eigenvalue weighted by molar-refractivity contribution is 5.93. The van der Waals surface area contributed by atoms with Gasteiger partial charge in [0.25, 0.3) is 5.91 Å². The summed E-state index contributed by atoms with van der Waals surface area (Å²) >= 11 is 0. The maximum absolute atomic E-state index is 13.4. The van der Waals surface area contributed by atoms with Crippen molar-refractivity contribution in [2.75, 3.05) is 7.11 Å². The highest BCUT2D eigenvalue weighted by Crippen LogP contribution is 2.33. The number of ether oxygens (including phenoxy) is 1. The van der Waals surface area contributed by atoms with Gasteiger partial charge in [-0.05, 0) is 24.3 Å². The van der Waals surface area contributed by atoms with Gasteiger partial charge in [0.1, 0.15) is 11.4 Å². The van der Waals surface area contributed by atoms with Gasteiger partial charge in [0, 0.05) is 23.5 Å². The van der Waals surface area contributed by atoms with Crippen LogP contribution in [0, 0.1) is 0 Å². The molecule has 9 heteroatoms. The second-order valence-electron chi connectivity index (χ2n) is 5.60. The lowest BCUT2D eigenvalue weighted by molar-refractivity contribution is -0.155. The molecule has 0 saturated carbocycles. The van der Waals surface area contributed by atoms with Gasteiger partial charge >= 0.3 is 6.18 Å². The van der Waals surface area contributed by atoms with E-state index in [1.807, 2.05) is 5.32 Å². The zero-order valence-electron chi connectivity index (χ0n) is 14.1. The molecule has 0 spiro atoms. The van der Waals surface area contributed by atoms with Crippen LogP contribution in [0.2, 0.25) is 0 Å². The molecule has 27 heavy (non-hydrogen) atoms. The number of pyridine rings is 1. The molecule has 0 unspecified atom stereocenters. The molecule has 0 aliphatic carbocycles. The molecule has 1 aromatic carbocycles. The number of nitrogens with zero attached hydrogens (tertiary/aromatic N) is 2. The van der Waals surface area contributed by atoms with Crippen molar-refractivity contribution in [1.82, 2.24) is 20.5 Å². The number of aromatic amines is 1. The summed E-state index contributed by atoms with van der Waals surface area (Å²) in [7, 11) is 1.49. The SMILES string of the molecule is COc1ccccc1-c1cc(C(=O)N[C@@H](c2cccnc2)C(F)(F)F)[nH]n1. The van der Waals surface area contributed by atoms with E-state index in [1.165, 1.54) is 31.5 Å². The molecule has 6 nitrogen and oxygen atoms in total. The smallest absolute Gasteiger partial charge is 0.412 e. The van der Waals surface area contributed by atoms with Gasteiger partial charge in [-0.25, -0.2) is 0 Å². The first kappa shape index (κ1) is 18.4. The van der Waals surface area contributed by atoms with Crippen molar-refractivity contribution in [3.8, 4) is 17.0 Å². The Labute approximate surface area is 152 Å². The fourth-order valence-electron chi connectivity index (χ4n) is 2.54. The minimum absolute atomic E-state index is 0.103. The van der Waals surface area contributed by atoms with Crippen LogP contribution in [-0.2, 0) is 0 Å². The van der Waals surface area contributed by atoms with Gasteiger partial charge in [0.05, 0.1) is 12.8 Å². The van der Waals surface area contributed by atoms with Crippen molar-refractivity contribution in [2.24, 2.45) is 0 Å². The second-order valence-corrected chi connectivity index (χ2v) is 5.60. The predicted octanol–water partition coefficient (Wildman–Crippen LogP) is 3.51. The summed E-state index contributed by atoms with van der Waals surface area (Å²) in [5.74, 6) is -0.408. The van der Waals surface area contributed by atoms with Crippen LogP contribution >= 0.6 is 0 Å². The van der Waals surface area contributed by atoms with Gasteiger partial charge in [-0.2, -0.15) is 18.3 Å². The third-order valence-electron chi connectivity index (χ3n) is 3.83. The number of rotatable bonds is 5. The predicted molar refractivity (Wildman–Crippen MR) is 91.1 cm³/mol. The summed E-state index contributed by atoms with van der Waals surface area (Å²) in [5.41, 5.74) is 0.717. The van der Waals surface area contributed by atoms with Crippen LogP contribution < -0.4 is 10.1 Å². The van der Waals surface area contributed by atoms with Crippen molar-refractivity contribution in [2.45, 2.75) is 12.2 Å². The average Bonchev–Trinajstić information content (AvgIpc) is 3.15. The van der Waals surface area contributed by atoms with Crippen LogP contribution in [0.4, 0.5) is 13.2 Å². The highest BCUT2D eigenvalue weighted by Gasteiger charge is 2.42. The van der Waals surface area contributed by atoms with E-state index in [0.717, 1.165) is 6.20 Å². The summed E-state index contributed by atoms with van der Waals surface area (Å²) in [4.78, 5) is 16.0. The average molecular weight is 376 g/mol. The van der Waals surface area contributed by atoms with Crippen LogP contribution in [0.25, 0.3) is 11.3 Å². The van der Waals surface area contributed by atoms with Crippen molar-refractivity contribution < 1.29 is 22.7 Å². The highest BCUT2D eigenvalue weighted by atomic mass is 19.4. The maximum Gasteiger partial charge on any atom is 0.412 e. The first-order valence-corrected chi connectivity index (χ1v) is 7.86. The minimum Gasteiger partial charge on any atom is -0.496 e. The van der Waals surface area contributed by atoms with Crippen LogP contribution in [0.3, 0.4) is 0 Å². The van der Waals surface area contributed by atoms with Crippen LogP contribution in [0.1, 0.15) is 22.1 Å². The molecule has 2 aromatic heterocycles. The van der Waals surface area contributed by atoms with Gasteiger partial charge in [-0.15, -0.1) is 0 Å². The summed E-state index contributed by atoms with van der Waals surface area (Å²) in [5, 5.41) is 8.44. The zero-order valence-corrected chi connectivity index (χ0v) is 14.1. The van der Waals surface area contributed by atoms with E-state index in [0.29, 0.717) is 17.0 Å². The molecule has 0 saturated heterocycles. The molecule has 1 amide bonds. The molecule has 2 heterocycles. The fourth-order valence-corrected chi connectivity index (χ4v) is 2.54. The van der Waals surface area contributed by atoms with E-state index in [2.05, 4.69) is 15.2 Å². The van der Waals surface area contributed by atoms with E-state index >= 15 is 0 Å². The Morgan fingerprint density at radius 3 is 2.67 bits per heavy atom. The number of alkyl halides is 3. The Bertz CT molecular complexity index is 926. The van der Waals surface area contributed by atoms with Gasteiger partial charge in [0.2, 0.25) is 0 Å². The minimum atomic E-state index is -4.68. The number of hydrogen-bond acceptors (Lipinski definition) is 4. The number of carbonyl (C=O) groups excluding carboxylic acids is 1. The molecule has 0 fully saturated rings. The van der Waals surface area contributed by atoms with Crippen LogP contribution in [0.15, 0.2) is 54.9 Å². The second kappa shape index (κ2) is 7.48. The van der Waals surface area contributed by atoms with Gasteiger partial charge < -0.3 is 10.1 Å². The van der Waals surface area contributed by atoms with E-state index in [4.69, 9.17) is 4.74 Å². The number of hydrogen-bond donors (Lipinski definition) is 2. The third kappa shape index (κ3) is 4.08. The normalized spacial score (nSPS) is 12.4. The number of H-pyrrole nitrogens is 1. The summed E-state index contributed by atoms with van der Waals surface area (Å²) in [6.45, 7) is 0. The van der Waals surface area contributed by atoms with Crippen molar-refractivity contribution in [3.63, 3.8) is 0 Å². The molecule has 0 aliphatic heterocycles. The Morgan fingerprint density at radius 2 is 2.00 bits per heavy atom. The molecule has 140 valence electrons. The molecule has 0 radical (unpaired) electrons. The first-order valence-electron chi connectivity index (χ1n) is 7.86. The third-order valence-corrected chi connectivity index (χ3v) is 3.83. The summed E-state index contributed by atoms with van der Waals surface area (Å²) in [6.07, 6.45) is -2.26. The van der Waals surface area contributed by atoms with E-state index < -0.39 is 18.1 Å². The lowest BCUT2D eigenvalue weighted by Gasteiger charge is -2.21.